The number of hydrogen-bond acceptors (Lipinski definition) is 3. The molecule has 0 saturated heterocycles. The van der Waals surface area contributed by atoms with Gasteiger partial charge in [0.15, 0.2) is 0 Å². The summed E-state index contributed by atoms with van der Waals surface area (Å²) in [4.78, 5) is 2.50. The number of hydrogen-bond donors (Lipinski definition) is 0. The van der Waals surface area contributed by atoms with Gasteiger partial charge in [-0.3, -0.25) is 4.90 Å². The van der Waals surface area contributed by atoms with Crippen molar-refractivity contribution in [1.82, 2.24) is 4.90 Å². The van der Waals surface area contributed by atoms with Gasteiger partial charge in [0.1, 0.15) is 0 Å². The first-order valence-corrected chi connectivity index (χ1v) is 8.55. The van der Waals surface area contributed by atoms with Gasteiger partial charge in [0.2, 0.25) is 0 Å². The summed E-state index contributed by atoms with van der Waals surface area (Å²) in [5.74, 6) is 0.897. The molecule has 0 aromatic rings. The highest BCUT2D eigenvalue weighted by atomic mass is 16.5. The van der Waals surface area contributed by atoms with E-state index in [0.29, 0.717) is 17.5 Å². The number of methoxy groups -OCH3 is 1. The second-order valence-electron chi connectivity index (χ2n) is 7.29. The third-order valence-corrected chi connectivity index (χ3v) is 5.76. The van der Waals surface area contributed by atoms with Crippen LogP contribution < -0.4 is 0 Å². The molecular weight excluding hydrogens is 260 g/mol. The molecule has 1 aliphatic carbocycles. The number of ether oxygens (including phenoxy) is 1. The lowest BCUT2D eigenvalue weighted by Crippen LogP contribution is -2.51. The van der Waals surface area contributed by atoms with Crippen molar-refractivity contribution in [2.24, 2.45) is 17.3 Å². The van der Waals surface area contributed by atoms with E-state index in [1.165, 1.54) is 12.8 Å². The van der Waals surface area contributed by atoms with Crippen LogP contribution in [-0.2, 0) is 4.74 Å². The van der Waals surface area contributed by atoms with Gasteiger partial charge in [-0.05, 0) is 44.1 Å². The fourth-order valence-corrected chi connectivity index (χ4v) is 3.87. The van der Waals surface area contributed by atoms with E-state index in [1.54, 1.807) is 7.11 Å². The van der Waals surface area contributed by atoms with E-state index in [4.69, 9.17) is 4.74 Å². The van der Waals surface area contributed by atoms with Crippen molar-refractivity contribution in [3.05, 3.63) is 0 Å². The van der Waals surface area contributed by atoms with E-state index in [2.05, 4.69) is 45.6 Å². The molecule has 1 fully saturated rings. The van der Waals surface area contributed by atoms with Gasteiger partial charge in [-0.15, -0.1) is 0 Å². The standard InChI is InChI=1S/C18H34N2O/c1-7-18(4,5)16-10-9-15(12-19)17(11-16)20(8-2)14(3)13-21-6/h14-17H,7-11,13H2,1-6H3. The summed E-state index contributed by atoms with van der Waals surface area (Å²) in [6.07, 6.45) is 4.61. The zero-order chi connectivity index (χ0) is 16.0. The Morgan fingerprint density at radius 2 is 2.00 bits per heavy atom. The number of rotatable bonds is 7. The molecule has 0 amide bonds. The van der Waals surface area contributed by atoms with Crippen LogP contribution in [-0.4, -0.2) is 37.2 Å². The van der Waals surface area contributed by atoms with Crippen molar-refractivity contribution in [2.45, 2.75) is 72.4 Å². The minimum absolute atomic E-state index is 0.174. The van der Waals surface area contributed by atoms with E-state index >= 15 is 0 Å². The Balaban J connectivity index is 2.90. The van der Waals surface area contributed by atoms with E-state index in [1.807, 2.05) is 0 Å². The molecule has 21 heavy (non-hydrogen) atoms. The highest BCUT2D eigenvalue weighted by Crippen LogP contribution is 2.43. The van der Waals surface area contributed by atoms with E-state index in [9.17, 15) is 5.26 Å². The molecule has 3 nitrogen and oxygen atoms in total. The second kappa shape index (κ2) is 8.15. The molecule has 0 aromatic heterocycles. The fraction of sp³-hybridized carbons (Fsp3) is 0.944. The molecule has 0 aliphatic heterocycles. The molecular formula is C18H34N2O. The minimum atomic E-state index is 0.174. The molecule has 0 bridgehead atoms. The molecule has 0 spiro atoms. The van der Waals surface area contributed by atoms with Crippen LogP contribution in [0, 0.1) is 28.6 Å². The first-order valence-electron chi connectivity index (χ1n) is 8.55. The van der Waals surface area contributed by atoms with Gasteiger partial charge in [0.05, 0.1) is 18.6 Å². The van der Waals surface area contributed by atoms with Gasteiger partial charge in [-0.2, -0.15) is 5.26 Å². The SMILES string of the molecule is CCN(C(C)COC)C1CC(C(C)(C)CC)CCC1C#N. The van der Waals surface area contributed by atoms with Gasteiger partial charge >= 0.3 is 0 Å². The van der Waals surface area contributed by atoms with Gasteiger partial charge in [0, 0.05) is 19.2 Å². The summed E-state index contributed by atoms with van der Waals surface area (Å²) in [5, 5.41) is 9.56. The zero-order valence-corrected chi connectivity index (χ0v) is 14.9. The van der Waals surface area contributed by atoms with Gasteiger partial charge in [-0.1, -0.05) is 34.1 Å². The molecule has 0 radical (unpaired) electrons. The van der Waals surface area contributed by atoms with Crippen LogP contribution in [0.3, 0.4) is 0 Å². The Morgan fingerprint density at radius 3 is 2.48 bits per heavy atom. The third kappa shape index (κ3) is 4.44. The Kier molecular flexibility index (Phi) is 7.16. The maximum Gasteiger partial charge on any atom is 0.0672 e. The van der Waals surface area contributed by atoms with Crippen LogP contribution >= 0.6 is 0 Å². The molecule has 0 N–H and O–H groups in total. The van der Waals surface area contributed by atoms with E-state index in [0.717, 1.165) is 31.9 Å². The van der Waals surface area contributed by atoms with Crippen LogP contribution in [0.15, 0.2) is 0 Å². The lowest BCUT2D eigenvalue weighted by Gasteiger charge is -2.46. The topological polar surface area (TPSA) is 36.3 Å². The summed E-state index contributed by atoms with van der Waals surface area (Å²) in [5.41, 5.74) is 0.378. The molecule has 3 heteroatoms. The van der Waals surface area contributed by atoms with E-state index < -0.39 is 0 Å². The summed E-state index contributed by atoms with van der Waals surface area (Å²) >= 11 is 0. The summed E-state index contributed by atoms with van der Waals surface area (Å²) in [7, 11) is 1.76. The van der Waals surface area contributed by atoms with Gasteiger partial charge < -0.3 is 4.74 Å². The number of nitriles is 1. The monoisotopic (exact) mass is 294 g/mol. The maximum atomic E-state index is 9.56. The van der Waals surface area contributed by atoms with Crippen molar-refractivity contribution >= 4 is 0 Å². The van der Waals surface area contributed by atoms with Crippen LogP contribution in [0.4, 0.5) is 0 Å². The van der Waals surface area contributed by atoms with Crippen molar-refractivity contribution in [3.63, 3.8) is 0 Å². The molecule has 122 valence electrons. The van der Waals surface area contributed by atoms with Crippen molar-refractivity contribution < 1.29 is 4.74 Å². The average molecular weight is 294 g/mol. The smallest absolute Gasteiger partial charge is 0.0672 e. The predicted molar refractivity (Wildman–Crippen MR) is 88.0 cm³/mol. The molecule has 1 rings (SSSR count). The lowest BCUT2D eigenvalue weighted by molar-refractivity contribution is 0.0119. The molecule has 4 unspecified atom stereocenters. The number of likely N-dealkylation sites (N-methyl/N-ethyl adjacent to an activating group) is 1. The first-order chi connectivity index (χ1) is 9.91. The molecule has 0 heterocycles. The van der Waals surface area contributed by atoms with Crippen LogP contribution in [0.2, 0.25) is 0 Å². The highest BCUT2D eigenvalue weighted by Gasteiger charge is 2.40. The lowest BCUT2D eigenvalue weighted by atomic mass is 9.65. The Morgan fingerprint density at radius 1 is 1.33 bits per heavy atom. The van der Waals surface area contributed by atoms with Crippen LogP contribution in [0.5, 0.6) is 0 Å². The highest BCUT2D eigenvalue weighted by molar-refractivity contribution is 5.00. The fourth-order valence-electron chi connectivity index (χ4n) is 3.87. The van der Waals surface area contributed by atoms with Gasteiger partial charge in [0.25, 0.3) is 0 Å². The number of nitrogens with zero attached hydrogens (tertiary/aromatic N) is 2. The quantitative estimate of drug-likeness (QED) is 0.709. The average Bonchev–Trinajstić information content (AvgIpc) is 2.48. The first kappa shape index (κ1) is 18.5. The van der Waals surface area contributed by atoms with E-state index in [-0.39, 0.29) is 5.92 Å². The van der Waals surface area contributed by atoms with Crippen LogP contribution in [0.1, 0.15) is 60.3 Å². The third-order valence-electron chi connectivity index (χ3n) is 5.76. The van der Waals surface area contributed by atoms with Crippen molar-refractivity contribution in [1.29, 1.82) is 5.26 Å². The Hall–Kier alpha value is -0.590. The molecule has 0 aromatic carbocycles. The van der Waals surface area contributed by atoms with Crippen molar-refractivity contribution in [3.8, 4) is 6.07 Å². The Labute approximate surface area is 131 Å². The normalized spacial score (nSPS) is 28.4. The molecule has 1 saturated carbocycles. The predicted octanol–water partition coefficient (Wildman–Crippen LogP) is 4.09. The molecule has 1 aliphatic rings. The Bertz CT molecular complexity index is 348. The summed E-state index contributed by atoms with van der Waals surface area (Å²) in [6.45, 7) is 13.2. The maximum absolute atomic E-state index is 9.56. The van der Waals surface area contributed by atoms with Gasteiger partial charge in [-0.25, -0.2) is 0 Å². The van der Waals surface area contributed by atoms with Crippen LogP contribution in [0.25, 0.3) is 0 Å². The summed E-state index contributed by atoms with van der Waals surface area (Å²) < 4.78 is 5.34. The summed E-state index contributed by atoms with van der Waals surface area (Å²) in [6, 6.07) is 3.34. The van der Waals surface area contributed by atoms with Crippen molar-refractivity contribution in [2.75, 3.05) is 20.3 Å². The second-order valence-corrected chi connectivity index (χ2v) is 7.29. The zero-order valence-electron chi connectivity index (χ0n) is 14.9. The minimum Gasteiger partial charge on any atom is -0.383 e. The molecule has 4 atom stereocenters. The largest absolute Gasteiger partial charge is 0.383 e.